The molecule has 0 aliphatic rings. The second-order valence-electron chi connectivity index (χ2n) is 5.61. The van der Waals surface area contributed by atoms with E-state index in [1.54, 1.807) is 0 Å². The Kier molecular flexibility index (Phi) is 4.60. The van der Waals surface area contributed by atoms with Gasteiger partial charge in [-0.1, -0.05) is 23.4 Å². The molecule has 0 saturated carbocycles. The van der Waals surface area contributed by atoms with Gasteiger partial charge in [0.1, 0.15) is 10.6 Å². The van der Waals surface area contributed by atoms with Gasteiger partial charge in [-0.2, -0.15) is 0 Å². The summed E-state index contributed by atoms with van der Waals surface area (Å²) < 4.78 is 31.6. The molecule has 3 N–H and O–H groups in total. The monoisotopic (exact) mass is 362 g/mol. The first-order valence-corrected chi connectivity index (χ1v) is 9.11. The number of carbonyl (C=O) groups is 1. The largest absolute Gasteiger partial charge is 0.361 e. The molecule has 0 radical (unpaired) electrons. The molecule has 0 aliphatic carbocycles. The second kappa shape index (κ2) is 6.69. The average Bonchev–Trinajstić information content (AvgIpc) is 3.14. The standard InChI is InChI=1S/C16H18N4O4S/c1-10-16(11(2)24-20-10)25(22,23)19-9-15(21)18-8-12-7-17-14-6-4-3-5-13(12)14/h3-7,17,19H,8-9H2,1-2H3,(H,18,21). The lowest BCUT2D eigenvalue weighted by Gasteiger charge is -2.07. The highest BCUT2D eigenvalue weighted by Crippen LogP contribution is 2.18. The maximum atomic E-state index is 12.3. The molecule has 0 fully saturated rings. The number of nitrogens with one attached hydrogen (secondary N) is 3. The van der Waals surface area contributed by atoms with E-state index in [2.05, 4.69) is 20.2 Å². The molecule has 0 unspecified atom stereocenters. The number of aromatic nitrogens is 2. The summed E-state index contributed by atoms with van der Waals surface area (Å²) in [5.41, 5.74) is 2.16. The van der Waals surface area contributed by atoms with Gasteiger partial charge < -0.3 is 14.8 Å². The molecule has 0 aliphatic heterocycles. The SMILES string of the molecule is Cc1noc(C)c1S(=O)(=O)NCC(=O)NCc1c[nH]c2ccccc12. The first kappa shape index (κ1) is 17.2. The number of hydrogen-bond donors (Lipinski definition) is 3. The van der Waals surface area contributed by atoms with Crippen molar-refractivity contribution in [2.45, 2.75) is 25.3 Å². The molecule has 0 atom stereocenters. The van der Waals surface area contributed by atoms with E-state index in [9.17, 15) is 13.2 Å². The molecule has 3 rings (SSSR count). The molecule has 132 valence electrons. The van der Waals surface area contributed by atoms with E-state index >= 15 is 0 Å². The summed E-state index contributed by atoms with van der Waals surface area (Å²) in [5, 5.41) is 7.32. The summed E-state index contributed by atoms with van der Waals surface area (Å²) in [5.74, 6) is -0.246. The number of aryl methyl sites for hydroxylation is 2. The minimum Gasteiger partial charge on any atom is -0.361 e. The van der Waals surface area contributed by atoms with Gasteiger partial charge in [0.2, 0.25) is 15.9 Å². The van der Waals surface area contributed by atoms with E-state index in [0.717, 1.165) is 16.5 Å². The Hall–Kier alpha value is -2.65. The third-order valence-electron chi connectivity index (χ3n) is 3.81. The van der Waals surface area contributed by atoms with Gasteiger partial charge in [-0.05, 0) is 25.5 Å². The third kappa shape index (κ3) is 3.57. The smallest absolute Gasteiger partial charge is 0.246 e. The highest BCUT2D eigenvalue weighted by Gasteiger charge is 2.24. The highest BCUT2D eigenvalue weighted by atomic mass is 32.2. The van der Waals surface area contributed by atoms with Crippen LogP contribution in [-0.2, 0) is 21.4 Å². The molecule has 2 aromatic heterocycles. The molecule has 9 heteroatoms. The molecule has 8 nitrogen and oxygen atoms in total. The fourth-order valence-corrected chi connectivity index (χ4v) is 3.93. The molecule has 0 bridgehead atoms. The lowest BCUT2D eigenvalue weighted by Crippen LogP contribution is -2.36. The van der Waals surface area contributed by atoms with Crippen molar-refractivity contribution in [3.63, 3.8) is 0 Å². The van der Waals surface area contributed by atoms with Crippen molar-refractivity contribution in [3.8, 4) is 0 Å². The Balaban J connectivity index is 1.60. The molecule has 3 aromatic rings. The fraction of sp³-hybridized carbons (Fsp3) is 0.250. The Morgan fingerprint density at radius 1 is 1.28 bits per heavy atom. The van der Waals surface area contributed by atoms with Gasteiger partial charge in [-0.25, -0.2) is 13.1 Å². The molecule has 0 spiro atoms. The average molecular weight is 362 g/mol. The Morgan fingerprint density at radius 3 is 2.76 bits per heavy atom. The summed E-state index contributed by atoms with van der Waals surface area (Å²) in [4.78, 5) is 15.1. The van der Waals surface area contributed by atoms with Gasteiger partial charge in [0, 0.05) is 23.6 Å². The molecule has 2 heterocycles. The second-order valence-corrected chi connectivity index (χ2v) is 7.32. The van der Waals surface area contributed by atoms with Crippen LogP contribution in [0.15, 0.2) is 39.9 Å². The van der Waals surface area contributed by atoms with Crippen molar-refractivity contribution in [1.29, 1.82) is 0 Å². The number of fused-ring (bicyclic) bond motifs is 1. The zero-order valence-corrected chi connectivity index (χ0v) is 14.6. The van der Waals surface area contributed by atoms with E-state index in [-0.39, 0.29) is 22.9 Å². The van der Waals surface area contributed by atoms with Gasteiger partial charge in [0.05, 0.1) is 6.54 Å². The van der Waals surface area contributed by atoms with Gasteiger partial charge >= 0.3 is 0 Å². The molecule has 25 heavy (non-hydrogen) atoms. The first-order valence-electron chi connectivity index (χ1n) is 7.62. The van der Waals surface area contributed by atoms with E-state index in [1.165, 1.54) is 13.8 Å². The Bertz CT molecular complexity index is 1000. The lowest BCUT2D eigenvalue weighted by atomic mass is 10.2. The Morgan fingerprint density at radius 2 is 2.04 bits per heavy atom. The van der Waals surface area contributed by atoms with Crippen molar-refractivity contribution >= 4 is 26.8 Å². The van der Waals surface area contributed by atoms with Crippen molar-refractivity contribution in [1.82, 2.24) is 20.2 Å². The van der Waals surface area contributed by atoms with E-state index in [0.29, 0.717) is 6.54 Å². The van der Waals surface area contributed by atoms with Gasteiger partial charge in [0.15, 0.2) is 5.76 Å². The summed E-state index contributed by atoms with van der Waals surface area (Å²) in [6.45, 7) is 2.97. The van der Waals surface area contributed by atoms with Crippen LogP contribution in [0.4, 0.5) is 0 Å². The topological polar surface area (TPSA) is 117 Å². The third-order valence-corrected chi connectivity index (χ3v) is 5.45. The van der Waals surface area contributed by atoms with Crippen LogP contribution in [0.1, 0.15) is 17.0 Å². The van der Waals surface area contributed by atoms with Crippen LogP contribution in [0.5, 0.6) is 0 Å². The van der Waals surface area contributed by atoms with Crippen LogP contribution >= 0.6 is 0 Å². The number of amides is 1. The first-order chi connectivity index (χ1) is 11.9. The van der Waals surface area contributed by atoms with Crippen LogP contribution in [0, 0.1) is 13.8 Å². The van der Waals surface area contributed by atoms with Gasteiger partial charge in [-0.3, -0.25) is 4.79 Å². The van der Waals surface area contributed by atoms with Crippen LogP contribution in [0.3, 0.4) is 0 Å². The lowest BCUT2D eigenvalue weighted by molar-refractivity contribution is -0.120. The minimum absolute atomic E-state index is 0.0306. The number of nitrogens with zero attached hydrogens (tertiary/aromatic N) is 1. The summed E-state index contributed by atoms with van der Waals surface area (Å²) in [6, 6.07) is 7.73. The zero-order valence-electron chi connectivity index (χ0n) is 13.8. The number of para-hydroxylation sites is 1. The molecule has 0 saturated heterocycles. The number of hydrogen-bond acceptors (Lipinski definition) is 5. The fourth-order valence-electron chi connectivity index (χ4n) is 2.63. The van der Waals surface area contributed by atoms with Crippen LogP contribution < -0.4 is 10.0 Å². The van der Waals surface area contributed by atoms with Gasteiger partial charge in [-0.15, -0.1) is 0 Å². The molecular weight excluding hydrogens is 344 g/mol. The zero-order chi connectivity index (χ0) is 18.0. The number of H-pyrrole nitrogens is 1. The summed E-state index contributed by atoms with van der Waals surface area (Å²) >= 11 is 0. The van der Waals surface area contributed by atoms with Crippen LogP contribution in [-0.4, -0.2) is 31.0 Å². The summed E-state index contributed by atoms with van der Waals surface area (Å²) in [6.07, 6.45) is 1.82. The predicted molar refractivity (Wildman–Crippen MR) is 91.3 cm³/mol. The maximum Gasteiger partial charge on any atom is 0.246 e. The number of benzene rings is 1. The maximum absolute atomic E-state index is 12.3. The number of aromatic amines is 1. The van der Waals surface area contributed by atoms with E-state index in [1.807, 2.05) is 30.5 Å². The Labute approximate surface area is 144 Å². The van der Waals surface area contributed by atoms with Crippen LogP contribution in [0.2, 0.25) is 0 Å². The number of carbonyl (C=O) groups excluding carboxylic acids is 1. The number of rotatable bonds is 6. The minimum atomic E-state index is -3.85. The highest BCUT2D eigenvalue weighted by molar-refractivity contribution is 7.89. The predicted octanol–water partition coefficient (Wildman–Crippen LogP) is 1.37. The van der Waals surface area contributed by atoms with Crippen LogP contribution in [0.25, 0.3) is 10.9 Å². The molecule has 1 amide bonds. The van der Waals surface area contributed by atoms with Crippen molar-refractivity contribution in [2.24, 2.45) is 0 Å². The van der Waals surface area contributed by atoms with Crippen molar-refractivity contribution in [3.05, 3.63) is 47.5 Å². The van der Waals surface area contributed by atoms with E-state index in [4.69, 9.17) is 4.52 Å². The summed E-state index contributed by atoms with van der Waals surface area (Å²) in [7, 11) is -3.85. The molecule has 1 aromatic carbocycles. The van der Waals surface area contributed by atoms with Crippen molar-refractivity contribution < 1.29 is 17.7 Å². The molecular formula is C16H18N4O4S. The van der Waals surface area contributed by atoms with E-state index < -0.39 is 15.9 Å². The number of sulfonamides is 1. The van der Waals surface area contributed by atoms with Gasteiger partial charge in [0.25, 0.3) is 0 Å². The normalized spacial score (nSPS) is 11.8. The van der Waals surface area contributed by atoms with Crippen molar-refractivity contribution in [2.75, 3.05) is 6.54 Å². The quantitative estimate of drug-likeness (QED) is 0.612.